The molecule has 0 unspecified atom stereocenters. The first-order chi connectivity index (χ1) is 15.5. The number of rotatable bonds is 10. The molecule has 0 aliphatic heterocycles. The second kappa shape index (κ2) is 11.7. The van der Waals surface area contributed by atoms with E-state index in [4.69, 9.17) is 9.47 Å². The Labute approximate surface area is 190 Å². The van der Waals surface area contributed by atoms with Gasteiger partial charge in [-0.3, -0.25) is 0 Å². The Morgan fingerprint density at radius 2 is 1.59 bits per heavy atom. The number of carbonyl (C=O) groups is 2. The van der Waals surface area contributed by atoms with Gasteiger partial charge >= 0.3 is 11.9 Å². The summed E-state index contributed by atoms with van der Waals surface area (Å²) in [5.41, 5.74) is 1.08. The van der Waals surface area contributed by atoms with E-state index in [0.717, 1.165) is 37.2 Å². The molecular weight excluding hydrogens is 404 g/mol. The Balaban J connectivity index is 1.68. The van der Waals surface area contributed by atoms with Crippen LogP contribution in [0.1, 0.15) is 97.4 Å². The van der Waals surface area contributed by atoms with E-state index in [-0.39, 0.29) is 11.1 Å². The Hall–Kier alpha value is -2.82. The van der Waals surface area contributed by atoms with Gasteiger partial charge in [0.2, 0.25) is 0 Å². The van der Waals surface area contributed by atoms with Gasteiger partial charge in [-0.1, -0.05) is 39.2 Å². The van der Waals surface area contributed by atoms with Crippen LogP contribution in [0.2, 0.25) is 0 Å². The quantitative estimate of drug-likeness (QED) is 0.249. The van der Waals surface area contributed by atoms with Crippen molar-refractivity contribution in [1.82, 2.24) is 0 Å². The van der Waals surface area contributed by atoms with Crippen LogP contribution in [-0.4, -0.2) is 23.7 Å². The van der Waals surface area contributed by atoms with E-state index in [1.54, 1.807) is 36.4 Å². The molecule has 0 spiro atoms. The van der Waals surface area contributed by atoms with Gasteiger partial charge in [-0.25, -0.2) is 9.59 Å². The van der Waals surface area contributed by atoms with Crippen LogP contribution >= 0.6 is 0 Å². The molecule has 0 amide bonds. The molecule has 0 radical (unpaired) electrons. The molecule has 32 heavy (non-hydrogen) atoms. The van der Waals surface area contributed by atoms with Crippen molar-refractivity contribution in [3.63, 3.8) is 0 Å². The standard InChI is InChI=1S/C27H34O5/c1-3-5-17-31-22-12-14-23(15-13-22)32-27(30)24-16-11-21(18-25(24)26(28)29)20-9-7-19(6-4-2)8-10-20/h11-16,18-20H,3-10,17H2,1-2H3,(H,28,29)/t19-,20-. The minimum absolute atomic E-state index is 0.00250. The summed E-state index contributed by atoms with van der Waals surface area (Å²) in [7, 11) is 0. The predicted octanol–water partition coefficient (Wildman–Crippen LogP) is 6.86. The molecule has 1 aliphatic carbocycles. The van der Waals surface area contributed by atoms with Crippen molar-refractivity contribution in [3.05, 3.63) is 59.2 Å². The van der Waals surface area contributed by atoms with Gasteiger partial charge in [-0.05, 0) is 85.9 Å². The minimum atomic E-state index is -1.11. The number of aromatic carboxylic acids is 1. The van der Waals surface area contributed by atoms with E-state index in [1.165, 1.54) is 25.7 Å². The molecular formula is C27H34O5. The first-order valence-corrected chi connectivity index (χ1v) is 11.8. The number of ether oxygens (including phenoxy) is 2. The average Bonchev–Trinajstić information content (AvgIpc) is 2.80. The van der Waals surface area contributed by atoms with Crippen molar-refractivity contribution in [3.8, 4) is 11.5 Å². The van der Waals surface area contributed by atoms with E-state index in [9.17, 15) is 14.7 Å². The lowest BCUT2D eigenvalue weighted by molar-refractivity contribution is 0.0667. The molecule has 5 nitrogen and oxygen atoms in total. The molecule has 2 aromatic carbocycles. The Bertz CT molecular complexity index is 895. The molecule has 2 aromatic rings. The van der Waals surface area contributed by atoms with Crippen LogP contribution in [0.15, 0.2) is 42.5 Å². The van der Waals surface area contributed by atoms with Crippen LogP contribution in [0.25, 0.3) is 0 Å². The normalized spacial score (nSPS) is 18.2. The van der Waals surface area contributed by atoms with E-state index in [0.29, 0.717) is 24.0 Å². The predicted molar refractivity (Wildman–Crippen MR) is 125 cm³/mol. The molecule has 0 heterocycles. The average molecular weight is 439 g/mol. The largest absolute Gasteiger partial charge is 0.494 e. The van der Waals surface area contributed by atoms with Gasteiger partial charge in [0.05, 0.1) is 17.7 Å². The van der Waals surface area contributed by atoms with E-state index >= 15 is 0 Å². The Morgan fingerprint density at radius 1 is 0.906 bits per heavy atom. The highest BCUT2D eigenvalue weighted by molar-refractivity contribution is 6.03. The van der Waals surface area contributed by atoms with Gasteiger partial charge in [-0.15, -0.1) is 0 Å². The van der Waals surface area contributed by atoms with E-state index in [2.05, 4.69) is 13.8 Å². The summed E-state index contributed by atoms with van der Waals surface area (Å²) in [6.45, 7) is 4.96. The molecule has 1 N–H and O–H groups in total. The van der Waals surface area contributed by atoms with Gasteiger partial charge in [-0.2, -0.15) is 0 Å². The summed E-state index contributed by atoms with van der Waals surface area (Å²) in [4.78, 5) is 24.6. The zero-order valence-corrected chi connectivity index (χ0v) is 19.1. The highest BCUT2D eigenvalue weighted by Crippen LogP contribution is 2.38. The van der Waals surface area contributed by atoms with Gasteiger partial charge in [0.1, 0.15) is 11.5 Å². The van der Waals surface area contributed by atoms with Crippen LogP contribution in [0.3, 0.4) is 0 Å². The van der Waals surface area contributed by atoms with Gasteiger partial charge in [0, 0.05) is 0 Å². The molecule has 5 heteroatoms. The van der Waals surface area contributed by atoms with Crippen molar-refractivity contribution in [2.45, 2.75) is 71.1 Å². The highest BCUT2D eigenvalue weighted by atomic mass is 16.5. The molecule has 1 aliphatic rings. The smallest absolute Gasteiger partial charge is 0.344 e. The highest BCUT2D eigenvalue weighted by Gasteiger charge is 2.25. The monoisotopic (exact) mass is 438 g/mol. The molecule has 0 saturated heterocycles. The SMILES string of the molecule is CCCCOc1ccc(OC(=O)c2ccc([C@H]3CC[C@H](CCC)CC3)cc2C(=O)O)cc1. The molecule has 0 aromatic heterocycles. The van der Waals surface area contributed by atoms with Gasteiger partial charge in [0.15, 0.2) is 0 Å². The van der Waals surface area contributed by atoms with Crippen molar-refractivity contribution in [2.24, 2.45) is 5.92 Å². The zero-order chi connectivity index (χ0) is 22.9. The summed E-state index contributed by atoms with van der Waals surface area (Å²) >= 11 is 0. The molecule has 0 bridgehead atoms. The fraction of sp³-hybridized carbons (Fsp3) is 0.481. The van der Waals surface area contributed by atoms with Crippen LogP contribution < -0.4 is 9.47 Å². The lowest BCUT2D eigenvalue weighted by Gasteiger charge is -2.29. The molecule has 3 rings (SSSR count). The van der Waals surface area contributed by atoms with Crippen LogP contribution in [0, 0.1) is 5.92 Å². The maximum atomic E-state index is 12.7. The third-order valence-electron chi connectivity index (χ3n) is 6.31. The van der Waals surface area contributed by atoms with Crippen molar-refractivity contribution < 1.29 is 24.2 Å². The maximum absolute atomic E-state index is 12.7. The van der Waals surface area contributed by atoms with Crippen molar-refractivity contribution >= 4 is 11.9 Å². The fourth-order valence-electron chi connectivity index (χ4n) is 4.46. The number of carboxylic acids is 1. The number of carboxylic acid groups (broad SMARTS) is 1. The lowest BCUT2D eigenvalue weighted by Crippen LogP contribution is -2.17. The first-order valence-electron chi connectivity index (χ1n) is 11.8. The summed E-state index contributed by atoms with van der Waals surface area (Å²) < 4.78 is 11.1. The maximum Gasteiger partial charge on any atom is 0.344 e. The second-order valence-corrected chi connectivity index (χ2v) is 8.68. The Morgan fingerprint density at radius 3 is 2.22 bits per heavy atom. The number of hydrogen-bond acceptors (Lipinski definition) is 4. The van der Waals surface area contributed by atoms with Gasteiger partial charge in [0.25, 0.3) is 0 Å². The third kappa shape index (κ3) is 6.35. The van der Waals surface area contributed by atoms with Crippen LogP contribution in [-0.2, 0) is 0 Å². The lowest BCUT2D eigenvalue weighted by atomic mass is 9.77. The molecule has 1 fully saturated rings. The topological polar surface area (TPSA) is 72.8 Å². The summed E-state index contributed by atoms with van der Waals surface area (Å²) in [6, 6.07) is 11.9. The summed E-state index contributed by atoms with van der Waals surface area (Å²) in [6.07, 6.45) is 9.02. The number of carbonyl (C=O) groups excluding carboxylic acids is 1. The molecule has 1 saturated carbocycles. The van der Waals surface area contributed by atoms with Gasteiger partial charge < -0.3 is 14.6 Å². The molecule has 0 atom stereocenters. The first kappa shape index (κ1) is 23.8. The fourth-order valence-corrected chi connectivity index (χ4v) is 4.46. The van der Waals surface area contributed by atoms with E-state index < -0.39 is 11.9 Å². The Kier molecular flexibility index (Phi) is 8.72. The van der Waals surface area contributed by atoms with Crippen molar-refractivity contribution in [1.29, 1.82) is 0 Å². The van der Waals surface area contributed by atoms with E-state index in [1.807, 2.05) is 6.07 Å². The minimum Gasteiger partial charge on any atom is -0.494 e. The third-order valence-corrected chi connectivity index (χ3v) is 6.31. The second-order valence-electron chi connectivity index (χ2n) is 8.68. The number of hydrogen-bond donors (Lipinski definition) is 1. The van der Waals surface area contributed by atoms with Crippen LogP contribution in [0.4, 0.5) is 0 Å². The summed E-state index contributed by atoms with van der Waals surface area (Å²) in [5.74, 6) is 0.424. The number of esters is 1. The summed E-state index contributed by atoms with van der Waals surface area (Å²) in [5, 5.41) is 9.73. The molecule has 172 valence electrons. The van der Waals surface area contributed by atoms with Crippen molar-refractivity contribution in [2.75, 3.05) is 6.61 Å². The number of unbranched alkanes of at least 4 members (excludes halogenated alkanes) is 1. The zero-order valence-electron chi connectivity index (χ0n) is 19.1. The number of benzene rings is 2. The van der Waals surface area contributed by atoms with Crippen LogP contribution in [0.5, 0.6) is 11.5 Å².